The van der Waals surface area contributed by atoms with E-state index >= 15 is 0 Å². The summed E-state index contributed by atoms with van der Waals surface area (Å²) in [6.07, 6.45) is 0. The maximum absolute atomic E-state index is 6.67. The molecule has 9 aromatic carbocycles. The highest BCUT2D eigenvalue weighted by Crippen LogP contribution is 2.57. The van der Waals surface area contributed by atoms with Crippen molar-refractivity contribution < 1.29 is 4.42 Å². The van der Waals surface area contributed by atoms with Gasteiger partial charge in [0.15, 0.2) is 5.84 Å². The van der Waals surface area contributed by atoms with Gasteiger partial charge in [0.25, 0.3) is 0 Å². The van der Waals surface area contributed by atoms with Crippen LogP contribution in [0.3, 0.4) is 0 Å². The molecule has 0 radical (unpaired) electrons. The van der Waals surface area contributed by atoms with Crippen molar-refractivity contribution in [3.05, 3.63) is 205 Å². The van der Waals surface area contributed by atoms with Crippen molar-refractivity contribution in [1.82, 2.24) is 4.57 Å². The smallest absolute Gasteiger partial charge is 0.156 e. The van der Waals surface area contributed by atoms with Crippen LogP contribution < -0.4 is 0 Å². The van der Waals surface area contributed by atoms with E-state index in [9.17, 15) is 0 Å². The van der Waals surface area contributed by atoms with E-state index < -0.39 is 0 Å². The highest BCUT2D eigenvalue weighted by atomic mass is 32.2. The Morgan fingerprint density at radius 3 is 2.20 bits per heavy atom. The Hall–Kier alpha value is -7.21. The van der Waals surface area contributed by atoms with Gasteiger partial charge in [-0.25, -0.2) is 4.99 Å². The van der Waals surface area contributed by atoms with Gasteiger partial charge in [-0.1, -0.05) is 140 Å². The van der Waals surface area contributed by atoms with Crippen molar-refractivity contribution >= 4 is 88.6 Å². The number of furan rings is 1. The Kier molecular flexibility index (Phi) is 7.11. The topological polar surface area (TPSA) is 42.8 Å². The van der Waals surface area contributed by atoms with Gasteiger partial charge in [-0.15, -0.1) is 11.8 Å². The van der Waals surface area contributed by atoms with E-state index in [4.69, 9.17) is 14.4 Å². The van der Waals surface area contributed by atoms with Gasteiger partial charge in [0.05, 0.1) is 27.5 Å². The Morgan fingerprint density at radius 2 is 1.30 bits per heavy atom. The zero-order valence-corrected chi connectivity index (χ0v) is 33.4. The molecule has 0 N–H and O–H groups in total. The first-order valence-electron chi connectivity index (χ1n) is 20.5. The third-order valence-corrected chi connectivity index (χ3v) is 14.2. The summed E-state index contributed by atoms with van der Waals surface area (Å²) in [6.45, 7) is 2.31. The molecule has 4 nitrogen and oxygen atoms in total. The second-order valence-electron chi connectivity index (χ2n) is 16.2. The van der Waals surface area contributed by atoms with Gasteiger partial charge in [-0.05, 0) is 99.3 Å². The van der Waals surface area contributed by atoms with Gasteiger partial charge in [0, 0.05) is 37.7 Å². The monoisotopic (exact) mass is 785 g/mol. The van der Waals surface area contributed by atoms with Gasteiger partial charge < -0.3 is 8.98 Å². The Balaban J connectivity index is 1.06. The summed E-state index contributed by atoms with van der Waals surface area (Å²) in [7, 11) is 0. The molecule has 0 bridgehead atoms. The number of amidine groups is 1. The number of thioether (sulfide) groups is 1. The minimum Gasteiger partial charge on any atom is -0.456 e. The Morgan fingerprint density at radius 1 is 0.533 bits per heavy atom. The molecule has 5 heteroatoms. The highest BCUT2D eigenvalue weighted by molar-refractivity contribution is 8.01. The molecule has 0 saturated heterocycles. The molecule has 0 fully saturated rings. The molecule has 2 aliphatic rings. The molecular formula is C55H35N3OS. The zero-order valence-electron chi connectivity index (χ0n) is 32.6. The highest BCUT2D eigenvalue weighted by Gasteiger charge is 2.50. The molecule has 2 unspecified atom stereocenters. The number of nitrogens with zero attached hydrogens (tertiary/aromatic N) is 3. The van der Waals surface area contributed by atoms with Crippen LogP contribution in [0.4, 0.5) is 0 Å². The molecule has 13 rings (SSSR count). The summed E-state index contributed by atoms with van der Waals surface area (Å²) in [6, 6.07) is 67.6. The lowest BCUT2D eigenvalue weighted by molar-refractivity contribution is 0.645. The first kappa shape index (κ1) is 33.7. The lowest BCUT2D eigenvalue weighted by atomic mass is 9.85. The van der Waals surface area contributed by atoms with Crippen molar-refractivity contribution in [2.75, 3.05) is 0 Å². The fourth-order valence-electron chi connectivity index (χ4n) is 10.0. The largest absolute Gasteiger partial charge is 0.456 e. The van der Waals surface area contributed by atoms with Gasteiger partial charge in [0.1, 0.15) is 11.2 Å². The molecule has 0 aliphatic carbocycles. The average molecular weight is 786 g/mol. The molecule has 0 spiro atoms. The van der Waals surface area contributed by atoms with Crippen LogP contribution >= 0.6 is 11.8 Å². The maximum Gasteiger partial charge on any atom is 0.156 e. The molecule has 0 saturated carbocycles. The van der Waals surface area contributed by atoms with Crippen LogP contribution in [0.25, 0.3) is 82.1 Å². The van der Waals surface area contributed by atoms with E-state index in [2.05, 4.69) is 200 Å². The third kappa shape index (κ3) is 4.81. The van der Waals surface area contributed by atoms with E-state index in [-0.39, 0.29) is 10.8 Å². The van der Waals surface area contributed by atoms with E-state index in [0.29, 0.717) is 0 Å². The van der Waals surface area contributed by atoms with Crippen LogP contribution in [0.1, 0.15) is 29.7 Å². The van der Waals surface area contributed by atoms with Crippen LogP contribution in [-0.4, -0.2) is 20.9 Å². The summed E-state index contributed by atoms with van der Waals surface area (Å²) in [5, 5.41) is 9.45. The molecule has 2 aromatic heterocycles. The number of aromatic nitrogens is 1. The number of aliphatic imine (C=N–C) groups is 2. The van der Waals surface area contributed by atoms with Crippen molar-refractivity contribution in [1.29, 1.82) is 0 Å². The van der Waals surface area contributed by atoms with Crippen molar-refractivity contribution in [2.45, 2.75) is 22.6 Å². The predicted octanol–water partition coefficient (Wildman–Crippen LogP) is 14.5. The van der Waals surface area contributed by atoms with E-state index in [1.807, 2.05) is 11.8 Å². The SMILES string of the molecule is CC12Sc3ccccc3C1N=C(c1cccc3oc4ccc(-n5c6ccccc6c6c7ccccc7c(-c7ccccc7)cc65)cc4c13)N=C2c1ccc2ccccc2c1. The minimum absolute atomic E-state index is 0.108. The van der Waals surface area contributed by atoms with Gasteiger partial charge >= 0.3 is 0 Å². The standard InChI is InChI=1S/C55H35N3OS/c1-55-52(36-27-26-33-14-5-6-17-35(33)30-36)56-54(57-53(55)41-21-10-12-25-49(41)60-55)42-22-13-24-48-51(42)44-31-37(28-29-47(44)59-48)58-45-23-11-9-20-40(45)50-39-19-8-7-18-38(39)43(32-46(50)58)34-15-3-2-4-16-34/h2-32,53H,1H3. The second kappa shape index (κ2) is 12.6. The quantitative estimate of drug-likeness (QED) is 0.178. The molecule has 11 aromatic rings. The van der Waals surface area contributed by atoms with Crippen LogP contribution in [-0.2, 0) is 0 Å². The van der Waals surface area contributed by atoms with Crippen LogP contribution in [0.5, 0.6) is 0 Å². The van der Waals surface area contributed by atoms with Gasteiger partial charge in [0.2, 0.25) is 0 Å². The molecule has 282 valence electrons. The third-order valence-electron chi connectivity index (χ3n) is 12.8. The van der Waals surface area contributed by atoms with Crippen molar-refractivity contribution in [2.24, 2.45) is 9.98 Å². The van der Waals surface area contributed by atoms with Crippen molar-refractivity contribution in [3.8, 4) is 16.8 Å². The molecular weight excluding hydrogens is 751 g/mol. The minimum atomic E-state index is -0.380. The van der Waals surface area contributed by atoms with E-state index in [1.54, 1.807) is 0 Å². The Labute approximate surface area is 350 Å². The molecule has 2 atom stereocenters. The van der Waals surface area contributed by atoms with Crippen LogP contribution in [0.2, 0.25) is 0 Å². The number of hydrogen-bond donors (Lipinski definition) is 0. The number of hydrogen-bond acceptors (Lipinski definition) is 4. The van der Waals surface area contributed by atoms with Crippen LogP contribution in [0, 0.1) is 0 Å². The summed E-state index contributed by atoms with van der Waals surface area (Å²) in [5.41, 5.74) is 11.8. The lowest BCUT2D eigenvalue weighted by Gasteiger charge is -2.34. The predicted molar refractivity (Wildman–Crippen MR) is 251 cm³/mol. The molecule has 4 heterocycles. The fourth-order valence-corrected chi connectivity index (χ4v) is 11.5. The molecule has 2 aliphatic heterocycles. The summed E-state index contributed by atoms with van der Waals surface area (Å²) in [4.78, 5) is 12.4. The normalized spacial score (nSPS) is 17.4. The molecule has 0 amide bonds. The van der Waals surface area contributed by atoms with E-state index in [1.165, 1.54) is 59.4 Å². The summed E-state index contributed by atoms with van der Waals surface area (Å²) in [5.74, 6) is 0.729. The maximum atomic E-state index is 6.67. The van der Waals surface area contributed by atoms with E-state index in [0.717, 1.165) is 55.8 Å². The number of fused-ring (bicyclic) bond motifs is 12. The lowest BCUT2D eigenvalue weighted by Crippen LogP contribution is -2.39. The zero-order chi connectivity index (χ0) is 39.5. The number of rotatable bonds is 4. The van der Waals surface area contributed by atoms with Crippen molar-refractivity contribution in [3.63, 3.8) is 0 Å². The number of para-hydroxylation sites is 1. The summed E-state index contributed by atoms with van der Waals surface area (Å²) < 4.78 is 8.72. The van der Waals surface area contributed by atoms with Gasteiger partial charge in [-0.2, -0.15) is 0 Å². The first-order chi connectivity index (χ1) is 29.6. The summed E-state index contributed by atoms with van der Waals surface area (Å²) >= 11 is 1.88. The second-order valence-corrected chi connectivity index (χ2v) is 17.7. The average Bonchev–Trinajstić information content (AvgIpc) is 3.95. The van der Waals surface area contributed by atoms with Gasteiger partial charge in [-0.3, -0.25) is 4.99 Å². The Bertz CT molecular complexity index is 3670. The fraction of sp³-hybridized carbons (Fsp3) is 0.0545. The molecule has 60 heavy (non-hydrogen) atoms. The van der Waals surface area contributed by atoms with Crippen LogP contribution in [0.15, 0.2) is 207 Å². The first-order valence-corrected chi connectivity index (χ1v) is 21.3. The number of benzene rings is 9.